The molecule has 0 saturated carbocycles. The van der Waals surface area contributed by atoms with E-state index < -0.39 is 0 Å². The summed E-state index contributed by atoms with van der Waals surface area (Å²) < 4.78 is 6.63. The van der Waals surface area contributed by atoms with E-state index in [-0.39, 0.29) is 16.9 Å². The smallest absolute Gasteiger partial charge is 0.226 e. The van der Waals surface area contributed by atoms with Gasteiger partial charge in [-0.1, -0.05) is 6.92 Å². The lowest BCUT2D eigenvalue weighted by Crippen LogP contribution is -2.49. The lowest BCUT2D eigenvalue weighted by atomic mass is 9.73. The molecule has 5 fully saturated rings. The van der Waals surface area contributed by atoms with E-state index in [0.717, 1.165) is 45.1 Å². The molecule has 6 heteroatoms. The predicted octanol–water partition coefficient (Wildman–Crippen LogP) is 2.21. The zero-order valence-corrected chi connectivity index (χ0v) is 18.4. The first-order valence-electron chi connectivity index (χ1n) is 11.5. The fraction of sp³-hybridized carbons (Fsp3) is 0.955. The second-order valence-electron chi connectivity index (χ2n) is 10.4. The summed E-state index contributed by atoms with van der Waals surface area (Å²) in [6, 6.07) is 0.761. The van der Waals surface area contributed by atoms with Gasteiger partial charge in [0.2, 0.25) is 5.91 Å². The van der Waals surface area contributed by atoms with Crippen molar-refractivity contribution in [3.8, 4) is 0 Å². The van der Waals surface area contributed by atoms with Crippen LogP contribution in [-0.2, 0) is 9.53 Å². The molecule has 0 radical (unpaired) electrons. The zero-order valence-electron chi connectivity index (χ0n) is 17.6. The second-order valence-corrected chi connectivity index (χ2v) is 11.6. The fourth-order valence-corrected chi connectivity index (χ4v) is 7.67. The van der Waals surface area contributed by atoms with Crippen LogP contribution in [0.2, 0.25) is 0 Å². The highest BCUT2D eigenvalue weighted by Gasteiger charge is 2.63. The van der Waals surface area contributed by atoms with Gasteiger partial charge in [-0.15, -0.1) is 0 Å². The van der Waals surface area contributed by atoms with Crippen molar-refractivity contribution in [2.45, 2.75) is 63.2 Å². The summed E-state index contributed by atoms with van der Waals surface area (Å²) in [4.78, 5) is 18.1. The minimum absolute atomic E-state index is 0.0993. The molecule has 0 aromatic carbocycles. The van der Waals surface area contributed by atoms with Crippen LogP contribution in [0.5, 0.6) is 0 Å². The molecule has 4 atom stereocenters. The van der Waals surface area contributed by atoms with Gasteiger partial charge in [0.1, 0.15) is 0 Å². The highest BCUT2D eigenvalue weighted by atomic mass is 32.2. The topological polar surface area (TPSA) is 44.8 Å². The van der Waals surface area contributed by atoms with Crippen molar-refractivity contribution in [1.29, 1.82) is 0 Å². The summed E-state index contributed by atoms with van der Waals surface area (Å²) >= 11 is 2.11. The number of ether oxygens (including phenoxy) is 1. The standard InChI is InChI=1S/C22H37N3O2S/c1-21(7-9-24(2)10-8-21)20(26)23-13-17-18-14-25(16-4-11-28-12-5-16)15-22(18)6-3-19(17)27-22/h16-19H,3-15H2,1-2H3,(H,23,26)/t17-,18+,19+,22+/m0/s1. The van der Waals surface area contributed by atoms with Gasteiger partial charge in [0.05, 0.1) is 11.7 Å². The molecule has 5 saturated heterocycles. The largest absolute Gasteiger partial charge is 0.370 e. The molecule has 5 aliphatic heterocycles. The Balaban J connectivity index is 1.21. The molecule has 0 unspecified atom stereocenters. The van der Waals surface area contributed by atoms with E-state index in [0.29, 0.717) is 17.9 Å². The molecule has 5 heterocycles. The number of amides is 1. The van der Waals surface area contributed by atoms with Crippen molar-refractivity contribution in [3.05, 3.63) is 0 Å². The number of nitrogens with one attached hydrogen (secondary N) is 1. The van der Waals surface area contributed by atoms with Crippen molar-refractivity contribution >= 4 is 17.7 Å². The molecule has 0 aliphatic carbocycles. The highest BCUT2D eigenvalue weighted by molar-refractivity contribution is 7.99. The number of thioether (sulfide) groups is 1. The van der Waals surface area contributed by atoms with Crippen LogP contribution in [-0.4, -0.2) is 84.7 Å². The van der Waals surface area contributed by atoms with Gasteiger partial charge in [-0.3, -0.25) is 9.69 Å². The lowest BCUT2D eigenvalue weighted by Gasteiger charge is -2.37. The van der Waals surface area contributed by atoms with Crippen molar-refractivity contribution < 1.29 is 9.53 Å². The van der Waals surface area contributed by atoms with E-state index in [1.54, 1.807) is 0 Å². The van der Waals surface area contributed by atoms with Crippen LogP contribution in [0.25, 0.3) is 0 Å². The van der Waals surface area contributed by atoms with Crippen molar-refractivity contribution in [2.24, 2.45) is 17.3 Å². The van der Waals surface area contributed by atoms with Gasteiger partial charge in [-0.05, 0) is 70.2 Å². The van der Waals surface area contributed by atoms with Crippen LogP contribution >= 0.6 is 11.8 Å². The van der Waals surface area contributed by atoms with Gasteiger partial charge in [0, 0.05) is 42.9 Å². The van der Waals surface area contributed by atoms with Gasteiger partial charge < -0.3 is 15.0 Å². The third-order valence-corrected chi connectivity index (χ3v) is 9.70. The van der Waals surface area contributed by atoms with Crippen LogP contribution in [0.1, 0.15) is 45.4 Å². The van der Waals surface area contributed by atoms with Crippen LogP contribution in [0, 0.1) is 17.3 Å². The van der Waals surface area contributed by atoms with Gasteiger partial charge in [0.25, 0.3) is 0 Å². The highest BCUT2D eigenvalue weighted by Crippen LogP contribution is 2.55. The molecule has 5 nitrogen and oxygen atoms in total. The monoisotopic (exact) mass is 407 g/mol. The maximum atomic E-state index is 13.0. The third-order valence-electron chi connectivity index (χ3n) is 8.65. The molecule has 2 bridgehead atoms. The van der Waals surface area contributed by atoms with Crippen molar-refractivity contribution in [2.75, 3.05) is 51.3 Å². The molecule has 1 amide bonds. The third kappa shape index (κ3) is 3.32. The first-order valence-corrected chi connectivity index (χ1v) is 12.6. The first kappa shape index (κ1) is 19.7. The molecule has 1 N–H and O–H groups in total. The summed E-state index contributed by atoms with van der Waals surface area (Å²) in [6.45, 7) is 7.35. The normalized spacial score (nSPS) is 41.3. The molecule has 0 aromatic heterocycles. The molecule has 5 rings (SSSR count). The van der Waals surface area contributed by atoms with Crippen LogP contribution < -0.4 is 5.32 Å². The van der Waals surface area contributed by atoms with E-state index in [4.69, 9.17) is 4.74 Å². The molecule has 5 aliphatic rings. The molecule has 28 heavy (non-hydrogen) atoms. The maximum absolute atomic E-state index is 13.0. The minimum Gasteiger partial charge on any atom is -0.370 e. The first-order chi connectivity index (χ1) is 13.5. The Kier molecular flexibility index (Phi) is 5.22. The second kappa shape index (κ2) is 7.44. The van der Waals surface area contributed by atoms with Crippen LogP contribution in [0.3, 0.4) is 0 Å². The zero-order chi connectivity index (χ0) is 19.4. The summed E-state index contributed by atoms with van der Waals surface area (Å²) in [7, 11) is 2.15. The van der Waals surface area contributed by atoms with Crippen molar-refractivity contribution in [1.82, 2.24) is 15.1 Å². The summed E-state index contributed by atoms with van der Waals surface area (Å²) in [6.07, 6.45) is 7.42. The maximum Gasteiger partial charge on any atom is 0.226 e. The number of likely N-dealkylation sites (tertiary alicyclic amines) is 2. The number of carbonyl (C=O) groups excluding carboxylic acids is 1. The van der Waals surface area contributed by atoms with E-state index >= 15 is 0 Å². The summed E-state index contributed by atoms with van der Waals surface area (Å²) in [5.74, 6) is 4.03. The van der Waals surface area contributed by atoms with Crippen LogP contribution in [0.15, 0.2) is 0 Å². The minimum atomic E-state index is -0.190. The average molecular weight is 408 g/mol. The summed E-state index contributed by atoms with van der Waals surface area (Å²) in [5.41, 5.74) is -0.0910. The van der Waals surface area contributed by atoms with E-state index in [9.17, 15) is 4.79 Å². The van der Waals surface area contributed by atoms with E-state index in [1.807, 2.05) is 0 Å². The number of hydrogen-bond acceptors (Lipinski definition) is 5. The summed E-state index contributed by atoms with van der Waals surface area (Å²) in [5, 5.41) is 3.38. The Morgan fingerprint density at radius 2 is 1.93 bits per heavy atom. The van der Waals surface area contributed by atoms with Crippen LogP contribution in [0.4, 0.5) is 0 Å². The average Bonchev–Trinajstić information content (AvgIpc) is 3.38. The Hall–Kier alpha value is -0.300. The fourth-order valence-electron chi connectivity index (χ4n) is 6.59. The quantitative estimate of drug-likeness (QED) is 0.774. The van der Waals surface area contributed by atoms with E-state index in [2.05, 4.69) is 40.8 Å². The predicted molar refractivity (Wildman–Crippen MR) is 114 cm³/mol. The number of rotatable bonds is 4. The number of carbonyl (C=O) groups is 1. The number of nitrogens with zero attached hydrogens (tertiary/aromatic N) is 2. The SMILES string of the molecule is CN1CCC(C)(C(=O)NC[C@H]2[C@H]3CN(C4CCSCC4)C[C@]34CC[C@H]2O4)CC1. The van der Waals surface area contributed by atoms with Gasteiger partial charge in [0.15, 0.2) is 0 Å². The molecular formula is C22H37N3O2S. The Bertz CT molecular complexity index is 603. The van der Waals surface area contributed by atoms with Gasteiger partial charge in [-0.2, -0.15) is 11.8 Å². The van der Waals surface area contributed by atoms with Gasteiger partial charge >= 0.3 is 0 Å². The van der Waals surface area contributed by atoms with Crippen molar-refractivity contribution in [3.63, 3.8) is 0 Å². The Labute approximate surface area is 174 Å². The molecule has 158 valence electrons. The van der Waals surface area contributed by atoms with E-state index in [1.165, 1.54) is 43.7 Å². The molecule has 0 aromatic rings. The Morgan fingerprint density at radius 1 is 1.18 bits per heavy atom. The number of hydrogen-bond donors (Lipinski definition) is 1. The lowest BCUT2D eigenvalue weighted by molar-refractivity contribution is -0.132. The molecule has 1 spiro atoms. The number of piperidine rings is 1. The molecular weight excluding hydrogens is 370 g/mol. The number of fused-ring (bicyclic) bond motifs is 1. The Morgan fingerprint density at radius 3 is 2.68 bits per heavy atom. The van der Waals surface area contributed by atoms with Gasteiger partial charge in [-0.25, -0.2) is 0 Å².